The molecule has 3 heterocycles. The number of thiophene rings is 1. The standard InChI is InChI=1S/C27H31FN2O2S/c1-20-18-29-25-8-7-21(32-2)17-23(25)26(20)24(28)9-10-27(19-31)11-14-30(15-12-27)13-3-5-22-6-4-16-33-22/h4,6-8,16-18,24,31H,9-15,19H2,1-2H3/t24-/m0/s1. The highest BCUT2D eigenvalue weighted by atomic mass is 32.1. The molecule has 0 amide bonds. The van der Waals surface area contributed by atoms with Crippen LogP contribution in [0, 0.1) is 24.2 Å². The van der Waals surface area contributed by atoms with Gasteiger partial charge in [0.15, 0.2) is 0 Å². The van der Waals surface area contributed by atoms with Crippen molar-refractivity contribution in [2.75, 3.05) is 33.4 Å². The molecule has 1 fully saturated rings. The summed E-state index contributed by atoms with van der Waals surface area (Å²) in [6.45, 7) is 4.49. The molecule has 33 heavy (non-hydrogen) atoms. The lowest BCUT2D eigenvalue weighted by atomic mass is 9.74. The van der Waals surface area contributed by atoms with Crippen molar-refractivity contribution in [2.45, 2.75) is 38.8 Å². The number of aromatic nitrogens is 1. The van der Waals surface area contributed by atoms with Gasteiger partial charge in [0.25, 0.3) is 0 Å². The van der Waals surface area contributed by atoms with Crippen molar-refractivity contribution >= 4 is 22.2 Å². The summed E-state index contributed by atoms with van der Waals surface area (Å²) in [5, 5.41) is 13.1. The molecule has 0 saturated carbocycles. The number of hydrogen-bond acceptors (Lipinski definition) is 5. The minimum Gasteiger partial charge on any atom is -0.497 e. The second-order valence-electron chi connectivity index (χ2n) is 8.96. The van der Waals surface area contributed by atoms with Crippen LogP contribution < -0.4 is 4.74 Å². The lowest BCUT2D eigenvalue weighted by Crippen LogP contribution is -2.42. The molecule has 1 aliphatic rings. The van der Waals surface area contributed by atoms with E-state index in [4.69, 9.17) is 4.74 Å². The number of likely N-dealkylation sites (tertiary alicyclic amines) is 1. The van der Waals surface area contributed by atoms with Gasteiger partial charge in [0.1, 0.15) is 11.9 Å². The Hall–Kier alpha value is -2.46. The number of aliphatic hydroxyl groups is 1. The molecule has 1 N–H and O–H groups in total. The normalized spacial score (nSPS) is 16.8. The molecule has 1 aromatic carbocycles. The number of alkyl halides is 1. The highest BCUT2D eigenvalue weighted by Gasteiger charge is 2.34. The smallest absolute Gasteiger partial charge is 0.126 e. The van der Waals surface area contributed by atoms with E-state index in [1.54, 1.807) is 24.6 Å². The fourth-order valence-electron chi connectivity index (χ4n) is 4.67. The van der Waals surface area contributed by atoms with Crippen LogP contribution in [0.2, 0.25) is 0 Å². The van der Waals surface area contributed by atoms with E-state index in [-0.39, 0.29) is 12.0 Å². The molecular formula is C27H31FN2O2S. The molecule has 2 aromatic heterocycles. The Balaban J connectivity index is 1.39. The minimum absolute atomic E-state index is 0.0956. The fraction of sp³-hybridized carbons (Fsp3) is 0.444. The average molecular weight is 467 g/mol. The van der Waals surface area contributed by atoms with Gasteiger partial charge in [-0.25, -0.2) is 4.39 Å². The minimum atomic E-state index is -1.11. The number of pyridine rings is 1. The molecule has 1 aliphatic heterocycles. The molecule has 0 radical (unpaired) electrons. The highest BCUT2D eigenvalue weighted by molar-refractivity contribution is 7.10. The first-order valence-corrected chi connectivity index (χ1v) is 12.3. The first-order chi connectivity index (χ1) is 16.0. The van der Waals surface area contributed by atoms with E-state index < -0.39 is 6.17 Å². The maximum atomic E-state index is 15.6. The predicted molar refractivity (Wildman–Crippen MR) is 133 cm³/mol. The van der Waals surface area contributed by atoms with Crippen molar-refractivity contribution in [3.05, 3.63) is 57.9 Å². The average Bonchev–Trinajstić information content (AvgIpc) is 3.36. The molecule has 4 nitrogen and oxygen atoms in total. The zero-order valence-electron chi connectivity index (χ0n) is 19.3. The van der Waals surface area contributed by atoms with Gasteiger partial charge in [0, 0.05) is 18.2 Å². The number of fused-ring (bicyclic) bond motifs is 1. The molecule has 174 valence electrons. The van der Waals surface area contributed by atoms with Gasteiger partial charge >= 0.3 is 0 Å². The van der Waals surface area contributed by atoms with Crippen molar-refractivity contribution in [1.82, 2.24) is 9.88 Å². The summed E-state index contributed by atoms with van der Waals surface area (Å²) in [7, 11) is 1.61. The molecule has 0 unspecified atom stereocenters. The molecule has 0 bridgehead atoms. The van der Waals surface area contributed by atoms with Gasteiger partial charge in [-0.15, -0.1) is 11.3 Å². The highest BCUT2D eigenvalue weighted by Crippen LogP contribution is 2.40. The largest absolute Gasteiger partial charge is 0.497 e. The number of halogens is 1. The molecule has 0 aliphatic carbocycles. The third-order valence-corrected chi connectivity index (χ3v) is 7.63. The van der Waals surface area contributed by atoms with Gasteiger partial charge in [0.05, 0.1) is 24.0 Å². The quantitative estimate of drug-likeness (QED) is 0.465. The topological polar surface area (TPSA) is 45.6 Å². The summed E-state index contributed by atoms with van der Waals surface area (Å²) in [5.41, 5.74) is 2.08. The maximum absolute atomic E-state index is 15.6. The van der Waals surface area contributed by atoms with E-state index in [0.29, 0.717) is 24.2 Å². The SMILES string of the molecule is COc1ccc2ncc(C)c([C@@H](F)CCC3(CO)CCN(CC#Cc4cccs4)CC3)c2c1. The van der Waals surface area contributed by atoms with Crippen LogP contribution >= 0.6 is 11.3 Å². The lowest BCUT2D eigenvalue weighted by molar-refractivity contribution is 0.0344. The number of aryl methyl sites for hydroxylation is 1. The number of nitrogens with zero attached hydrogens (tertiary/aromatic N) is 2. The Labute approximate surface area is 199 Å². The number of piperidine rings is 1. The summed E-state index contributed by atoms with van der Waals surface area (Å²) >= 11 is 1.65. The number of hydrogen-bond donors (Lipinski definition) is 1. The zero-order valence-corrected chi connectivity index (χ0v) is 20.1. The lowest BCUT2D eigenvalue weighted by Gasteiger charge is -2.40. The molecule has 4 rings (SSSR count). The van der Waals surface area contributed by atoms with Gasteiger partial charge in [-0.3, -0.25) is 9.88 Å². The van der Waals surface area contributed by atoms with Crippen molar-refractivity contribution in [3.8, 4) is 17.6 Å². The fourth-order valence-corrected chi connectivity index (χ4v) is 5.26. The van der Waals surface area contributed by atoms with Crippen LogP contribution in [0.4, 0.5) is 4.39 Å². The zero-order chi connectivity index (χ0) is 23.3. The third kappa shape index (κ3) is 5.55. The van der Waals surface area contributed by atoms with E-state index in [1.165, 1.54) is 0 Å². The Morgan fingerprint density at radius 2 is 2.12 bits per heavy atom. The number of methoxy groups -OCH3 is 1. The summed E-state index contributed by atoms with van der Waals surface area (Å²) in [6.07, 6.45) is 3.40. The Morgan fingerprint density at radius 1 is 1.30 bits per heavy atom. The molecular weight excluding hydrogens is 435 g/mol. The Morgan fingerprint density at radius 3 is 2.82 bits per heavy atom. The van der Waals surface area contributed by atoms with Crippen molar-refractivity contribution in [1.29, 1.82) is 0 Å². The first-order valence-electron chi connectivity index (χ1n) is 11.5. The molecule has 1 saturated heterocycles. The van der Waals surface area contributed by atoms with Crippen LogP contribution in [0.3, 0.4) is 0 Å². The summed E-state index contributed by atoms with van der Waals surface area (Å²) < 4.78 is 21.0. The van der Waals surface area contributed by atoms with Gasteiger partial charge in [-0.1, -0.05) is 17.9 Å². The molecule has 1 atom stereocenters. The summed E-state index contributed by atoms with van der Waals surface area (Å²) in [6, 6.07) is 9.63. The van der Waals surface area contributed by atoms with Crippen molar-refractivity contribution in [3.63, 3.8) is 0 Å². The number of aliphatic hydroxyl groups excluding tert-OH is 1. The van der Waals surface area contributed by atoms with Crippen LogP contribution in [-0.4, -0.2) is 48.3 Å². The van der Waals surface area contributed by atoms with Gasteiger partial charge in [0.2, 0.25) is 0 Å². The van der Waals surface area contributed by atoms with E-state index >= 15 is 4.39 Å². The predicted octanol–water partition coefficient (Wildman–Crippen LogP) is 5.53. The number of rotatable bonds is 7. The second-order valence-corrected chi connectivity index (χ2v) is 9.91. The Bertz CT molecular complexity index is 1130. The summed E-state index contributed by atoms with van der Waals surface area (Å²) in [5.74, 6) is 7.16. The van der Waals surface area contributed by atoms with Crippen LogP contribution in [-0.2, 0) is 0 Å². The van der Waals surface area contributed by atoms with Crippen LogP contribution in [0.5, 0.6) is 5.75 Å². The van der Waals surface area contributed by atoms with E-state index in [0.717, 1.165) is 53.8 Å². The van der Waals surface area contributed by atoms with E-state index in [1.807, 2.05) is 42.6 Å². The summed E-state index contributed by atoms with van der Waals surface area (Å²) in [4.78, 5) is 7.86. The molecule has 3 aromatic rings. The first kappa shape index (κ1) is 23.7. The van der Waals surface area contributed by atoms with E-state index in [2.05, 4.69) is 21.7 Å². The van der Waals surface area contributed by atoms with Crippen molar-refractivity contribution in [2.24, 2.45) is 5.41 Å². The van der Waals surface area contributed by atoms with E-state index in [9.17, 15) is 5.11 Å². The second kappa shape index (κ2) is 10.6. The maximum Gasteiger partial charge on any atom is 0.126 e. The van der Waals surface area contributed by atoms with Crippen molar-refractivity contribution < 1.29 is 14.2 Å². The monoisotopic (exact) mass is 466 g/mol. The van der Waals surface area contributed by atoms with Crippen LogP contribution in [0.15, 0.2) is 41.9 Å². The molecule has 6 heteroatoms. The van der Waals surface area contributed by atoms with Gasteiger partial charge in [-0.05, 0) is 91.9 Å². The molecule has 0 spiro atoms. The van der Waals surface area contributed by atoms with Crippen LogP contribution in [0.25, 0.3) is 10.9 Å². The van der Waals surface area contributed by atoms with Gasteiger partial charge < -0.3 is 9.84 Å². The Kier molecular flexibility index (Phi) is 7.64. The van der Waals surface area contributed by atoms with Gasteiger partial charge in [-0.2, -0.15) is 0 Å². The number of benzene rings is 1. The number of ether oxygens (including phenoxy) is 1. The third-order valence-electron chi connectivity index (χ3n) is 6.84. The van der Waals surface area contributed by atoms with Crippen LogP contribution in [0.1, 0.15) is 47.9 Å².